The molecule has 3 nitrogen and oxygen atoms in total. The van der Waals surface area contributed by atoms with Crippen LogP contribution in [0, 0.1) is 0 Å². The van der Waals surface area contributed by atoms with Crippen LogP contribution in [0.2, 0.25) is 0 Å². The second-order valence-electron chi connectivity index (χ2n) is 2.26. The zero-order chi connectivity index (χ0) is 9.84. The Morgan fingerprint density at radius 1 is 1.54 bits per heavy atom. The number of esters is 1. The number of carbonyl (C=O) groups is 1. The molecule has 1 heterocycles. The van der Waals surface area contributed by atoms with Crippen LogP contribution in [0.1, 0.15) is 19.8 Å². The van der Waals surface area contributed by atoms with Crippen LogP contribution < -0.4 is 0 Å². The molecule has 0 amide bonds. The molecule has 0 radical (unpaired) electrons. The number of alkyl halides is 2. The highest BCUT2D eigenvalue weighted by atomic mass is 79.9. The number of pyridine rings is 1. The number of hydrogen-bond donors (Lipinski definition) is 0. The predicted molar refractivity (Wildman–Crippen MR) is 56.2 cm³/mol. The lowest BCUT2D eigenvalue weighted by Gasteiger charge is -2.01. The Morgan fingerprint density at radius 3 is 2.62 bits per heavy atom. The molecule has 0 aliphatic carbocycles. The number of ether oxygens (including phenoxy) is 1. The maximum atomic E-state index is 11.0. The molecular formula is C8H7Br2NO2. The van der Waals surface area contributed by atoms with Crippen molar-refractivity contribution >= 4 is 37.8 Å². The van der Waals surface area contributed by atoms with Crippen molar-refractivity contribution in [2.24, 2.45) is 0 Å². The Kier molecular flexibility index (Phi) is 3.87. The molecular weight excluding hydrogens is 302 g/mol. The first-order valence-electron chi connectivity index (χ1n) is 3.47. The van der Waals surface area contributed by atoms with Crippen LogP contribution in [0.15, 0.2) is 18.3 Å². The number of aromatic nitrogens is 1. The molecule has 0 spiro atoms. The maximum Gasteiger partial charge on any atom is 0.339 e. The Hall–Kier alpha value is -0.420. The van der Waals surface area contributed by atoms with Crippen LogP contribution in [0.25, 0.3) is 0 Å². The van der Waals surface area contributed by atoms with Crippen LogP contribution in [0.3, 0.4) is 0 Å². The number of hydrogen-bond acceptors (Lipinski definition) is 3. The minimum atomic E-state index is -0.375. The van der Waals surface area contributed by atoms with Gasteiger partial charge in [-0.2, -0.15) is 0 Å². The number of nitrogens with zero attached hydrogens (tertiary/aromatic N) is 1. The second-order valence-corrected chi connectivity index (χ2v) is 5.32. The first-order chi connectivity index (χ1) is 6.15. The average Bonchev–Trinajstić information content (AvgIpc) is 2.17. The zero-order valence-electron chi connectivity index (χ0n) is 6.83. The largest absolute Gasteiger partial charge is 0.465 e. The molecule has 0 saturated heterocycles. The van der Waals surface area contributed by atoms with Gasteiger partial charge in [0.1, 0.15) is 3.74 Å². The van der Waals surface area contributed by atoms with E-state index in [1.54, 1.807) is 12.1 Å². The van der Waals surface area contributed by atoms with Crippen LogP contribution in [-0.4, -0.2) is 18.1 Å². The first-order valence-corrected chi connectivity index (χ1v) is 5.30. The fraction of sp³-hybridized carbons (Fsp3) is 0.250. The third-order valence-electron chi connectivity index (χ3n) is 1.43. The van der Waals surface area contributed by atoms with Crippen LogP contribution in [0.5, 0.6) is 0 Å². The highest BCUT2D eigenvalue weighted by Gasteiger charge is 2.07. The number of carbonyl (C=O) groups excluding carboxylic acids is 1. The van der Waals surface area contributed by atoms with Gasteiger partial charge in [-0.25, -0.2) is 4.79 Å². The van der Waals surface area contributed by atoms with Gasteiger partial charge in [0.25, 0.3) is 0 Å². The van der Waals surface area contributed by atoms with Crippen LogP contribution in [-0.2, 0) is 4.74 Å². The normalized spacial score (nSPS) is 10.2. The van der Waals surface area contributed by atoms with E-state index >= 15 is 0 Å². The minimum Gasteiger partial charge on any atom is -0.465 e. The minimum absolute atomic E-state index is 0.00620. The lowest BCUT2D eigenvalue weighted by Crippen LogP contribution is -2.02. The van der Waals surface area contributed by atoms with Crippen LogP contribution >= 0.6 is 31.9 Å². The van der Waals surface area contributed by atoms with Gasteiger partial charge in [-0.05, 0) is 12.1 Å². The molecule has 0 unspecified atom stereocenters. The maximum absolute atomic E-state index is 11.0. The third kappa shape index (κ3) is 2.77. The number of rotatable bonds is 2. The summed E-state index contributed by atoms with van der Waals surface area (Å²) in [6.45, 7) is 0. The van der Waals surface area contributed by atoms with E-state index < -0.39 is 0 Å². The molecule has 5 heteroatoms. The Morgan fingerprint density at radius 2 is 2.23 bits per heavy atom. The van der Waals surface area contributed by atoms with Gasteiger partial charge >= 0.3 is 5.97 Å². The van der Waals surface area contributed by atoms with Gasteiger partial charge in [0.15, 0.2) is 0 Å². The van der Waals surface area contributed by atoms with E-state index in [0.29, 0.717) is 5.56 Å². The van der Waals surface area contributed by atoms with Crippen molar-refractivity contribution in [3.63, 3.8) is 0 Å². The zero-order valence-corrected chi connectivity index (χ0v) is 10.0. The summed E-state index contributed by atoms with van der Waals surface area (Å²) in [5.41, 5.74) is 1.26. The fourth-order valence-corrected chi connectivity index (χ4v) is 1.31. The molecule has 1 aromatic heterocycles. The lowest BCUT2D eigenvalue weighted by molar-refractivity contribution is 0.0600. The fourth-order valence-electron chi connectivity index (χ4n) is 0.773. The van der Waals surface area contributed by atoms with E-state index in [2.05, 4.69) is 41.6 Å². The van der Waals surface area contributed by atoms with Crippen molar-refractivity contribution in [1.82, 2.24) is 4.98 Å². The second kappa shape index (κ2) is 4.72. The average molecular weight is 309 g/mol. The molecule has 0 N–H and O–H groups in total. The molecule has 0 aliphatic rings. The predicted octanol–water partition coefficient (Wildman–Crippen LogP) is 2.66. The van der Waals surface area contributed by atoms with Crippen molar-refractivity contribution in [3.05, 3.63) is 29.6 Å². The standard InChI is InChI=1S/C8H7Br2NO2/c1-13-8(12)5-2-3-6(7(9)10)11-4-5/h2-4,7H,1H3. The van der Waals surface area contributed by atoms with Crippen molar-refractivity contribution in [3.8, 4) is 0 Å². The Balaban J connectivity index is 2.87. The van der Waals surface area contributed by atoms with Gasteiger partial charge in [0.05, 0.1) is 18.4 Å². The topological polar surface area (TPSA) is 39.2 Å². The summed E-state index contributed by atoms with van der Waals surface area (Å²) >= 11 is 6.60. The van der Waals surface area contributed by atoms with Gasteiger partial charge in [0.2, 0.25) is 0 Å². The molecule has 13 heavy (non-hydrogen) atoms. The van der Waals surface area contributed by atoms with Crippen molar-refractivity contribution in [2.45, 2.75) is 3.74 Å². The quantitative estimate of drug-likeness (QED) is 0.623. The van der Waals surface area contributed by atoms with Gasteiger partial charge in [-0.1, -0.05) is 31.9 Å². The van der Waals surface area contributed by atoms with E-state index in [1.807, 2.05) is 0 Å². The van der Waals surface area contributed by atoms with Gasteiger partial charge in [0, 0.05) is 6.20 Å². The van der Waals surface area contributed by atoms with Gasteiger partial charge in [-0.3, -0.25) is 4.98 Å². The van der Waals surface area contributed by atoms with E-state index in [9.17, 15) is 4.79 Å². The first kappa shape index (κ1) is 10.7. The molecule has 0 aromatic carbocycles. The summed E-state index contributed by atoms with van der Waals surface area (Å²) in [5.74, 6) is -0.375. The molecule has 1 aromatic rings. The smallest absolute Gasteiger partial charge is 0.339 e. The van der Waals surface area contributed by atoms with Crippen molar-refractivity contribution < 1.29 is 9.53 Å². The summed E-state index contributed by atoms with van der Waals surface area (Å²) < 4.78 is 4.54. The SMILES string of the molecule is COC(=O)c1ccc(C(Br)Br)nc1. The molecule has 0 atom stereocenters. The number of halogens is 2. The summed E-state index contributed by atoms with van der Waals surface area (Å²) in [5, 5.41) is 0. The van der Waals surface area contributed by atoms with Crippen LogP contribution in [0.4, 0.5) is 0 Å². The molecule has 1 rings (SSSR count). The molecule has 0 bridgehead atoms. The van der Waals surface area contributed by atoms with Crippen molar-refractivity contribution in [2.75, 3.05) is 7.11 Å². The Bertz CT molecular complexity index is 298. The molecule has 70 valence electrons. The molecule has 0 saturated carbocycles. The molecule has 0 fully saturated rings. The number of methoxy groups -OCH3 is 1. The van der Waals surface area contributed by atoms with Crippen molar-refractivity contribution in [1.29, 1.82) is 0 Å². The summed E-state index contributed by atoms with van der Waals surface area (Å²) in [4.78, 5) is 15.1. The summed E-state index contributed by atoms with van der Waals surface area (Å²) in [6.07, 6.45) is 1.48. The highest BCUT2D eigenvalue weighted by Crippen LogP contribution is 2.26. The summed E-state index contributed by atoms with van der Waals surface area (Å²) in [7, 11) is 1.34. The van der Waals surface area contributed by atoms with Gasteiger partial charge in [-0.15, -0.1) is 0 Å². The monoisotopic (exact) mass is 307 g/mol. The lowest BCUT2D eigenvalue weighted by atomic mass is 10.2. The van der Waals surface area contributed by atoms with Gasteiger partial charge < -0.3 is 4.74 Å². The van der Waals surface area contributed by atoms with E-state index in [0.717, 1.165) is 5.69 Å². The molecule has 0 aliphatic heterocycles. The highest BCUT2D eigenvalue weighted by molar-refractivity contribution is 9.24. The van der Waals surface area contributed by atoms with E-state index in [1.165, 1.54) is 13.3 Å². The van der Waals surface area contributed by atoms with E-state index in [4.69, 9.17) is 0 Å². The third-order valence-corrected chi connectivity index (χ3v) is 2.37. The summed E-state index contributed by atoms with van der Waals surface area (Å²) in [6, 6.07) is 3.42. The van der Waals surface area contributed by atoms with E-state index in [-0.39, 0.29) is 9.71 Å². The Labute approximate surface area is 92.8 Å².